The second-order valence-corrected chi connectivity index (χ2v) is 6.41. The summed E-state index contributed by atoms with van der Waals surface area (Å²) in [7, 11) is 0. The van der Waals surface area contributed by atoms with Crippen molar-refractivity contribution >= 4 is 33.6 Å². The first-order valence-corrected chi connectivity index (χ1v) is 7.97. The monoisotopic (exact) mass is 354 g/mol. The molecule has 0 radical (unpaired) electrons. The van der Waals surface area contributed by atoms with Gasteiger partial charge in [0, 0.05) is 12.6 Å². The summed E-state index contributed by atoms with van der Waals surface area (Å²) in [6.07, 6.45) is 6.55. The van der Waals surface area contributed by atoms with E-state index in [1.165, 1.54) is 0 Å². The average molecular weight is 355 g/mol. The predicted octanol–water partition coefficient (Wildman–Crippen LogP) is 3.60. The molecule has 2 rings (SSSR count). The highest BCUT2D eigenvalue weighted by Crippen LogP contribution is 2.38. The van der Waals surface area contributed by atoms with E-state index in [0.29, 0.717) is 23.1 Å². The number of hydrogen-bond donors (Lipinski definition) is 2. The number of aliphatic carboxylic acids is 1. The van der Waals surface area contributed by atoms with Crippen LogP contribution in [0.2, 0.25) is 0 Å². The number of halogens is 1. The van der Waals surface area contributed by atoms with Crippen LogP contribution in [0.1, 0.15) is 44.9 Å². The molecule has 1 aromatic heterocycles. The zero-order chi connectivity index (χ0) is 15.3. The van der Waals surface area contributed by atoms with Crippen molar-refractivity contribution in [1.82, 2.24) is 4.98 Å². The van der Waals surface area contributed by atoms with Crippen LogP contribution in [-0.2, 0) is 9.59 Å². The third kappa shape index (κ3) is 4.03. The number of carboxylic acids is 1. The summed E-state index contributed by atoms with van der Waals surface area (Å²) in [6, 6.07) is 3.53. The SMILES string of the molecule is O=C(CC1(C(=O)O)CCCCCC1)Nc1ncccc1Br. The molecular formula is C15H19BrN2O3. The fraction of sp³-hybridized carbons (Fsp3) is 0.533. The lowest BCUT2D eigenvalue weighted by Crippen LogP contribution is -2.35. The van der Waals surface area contributed by atoms with Crippen molar-refractivity contribution in [2.24, 2.45) is 5.41 Å². The maximum atomic E-state index is 12.2. The maximum Gasteiger partial charge on any atom is 0.310 e. The molecule has 0 aromatic carbocycles. The zero-order valence-corrected chi connectivity index (χ0v) is 13.4. The van der Waals surface area contributed by atoms with E-state index >= 15 is 0 Å². The van der Waals surface area contributed by atoms with Crippen molar-refractivity contribution in [1.29, 1.82) is 0 Å². The van der Waals surface area contributed by atoms with E-state index < -0.39 is 11.4 Å². The molecule has 0 unspecified atom stereocenters. The van der Waals surface area contributed by atoms with Gasteiger partial charge in [-0.2, -0.15) is 0 Å². The van der Waals surface area contributed by atoms with Gasteiger partial charge in [0.25, 0.3) is 0 Å². The normalized spacial score (nSPS) is 17.8. The van der Waals surface area contributed by atoms with Crippen LogP contribution in [0.5, 0.6) is 0 Å². The van der Waals surface area contributed by atoms with E-state index in [-0.39, 0.29) is 12.3 Å². The van der Waals surface area contributed by atoms with Crippen molar-refractivity contribution in [2.45, 2.75) is 44.9 Å². The molecule has 0 saturated heterocycles. The molecule has 2 N–H and O–H groups in total. The minimum atomic E-state index is -0.929. The summed E-state index contributed by atoms with van der Waals surface area (Å²) in [5.74, 6) is -0.727. The minimum Gasteiger partial charge on any atom is -0.481 e. The van der Waals surface area contributed by atoms with E-state index in [0.717, 1.165) is 25.7 Å². The summed E-state index contributed by atoms with van der Waals surface area (Å²) in [5.41, 5.74) is -0.929. The molecule has 1 aliphatic rings. The molecular weight excluding hydrogens is 336 g/mol. The van der Waals surface area contributed by atoms with Gasteiger partial charge in [-0.05, 0) is 40.9 Å². The van der Waals surface area contributed by atoms with Gasteiger partial charge in [0.1, 0.15) is 5.82 Å². The first kappa shape index (κ1) is 15.9. The number of carboxylic acid groups (broad SMARTS) is 1. The molecule has 1 aromatic rings. The van der Waals surface area contributed by atoms with Gasteiger partial charge in [0.15, 0.2) is 0 Å². The Morgan fingerprint density at radius 3 is 2.52 bits per heavy atom. The second-order valence-electron chi connectivity index (χ2n) is 5.56. The van der Waals surface area contributed by atoms with Crippen LogP contribution in [0.25, 0.3) is 0 Å². The number of anilines is 1. The van der Waals surface area contributed by atoms with E-state index in [4.69, 9.17) is 0 Å². The highest BCUT2D eigenvalue weighted by atomic mass is 79.9. The van der Waals surface area contributed by atoms with Crippen LogP contribution in [0, 0.1) is 5.41 Å². The van der Waals surface area contributed by atoms with Crippen molar-refractivity contribution in [3.8, 4) is 0 Å². The molecule has 0 spiro atoms. The average Bonchev–Trinajstić information content (AvgIpc) is 2.68. The Balaban J connectivity index is 2.08. The van der Waals surface area contributed by atoms with Gasteiger partial charge in [-0.15, -0.1) is 0 Å². The van der Waals surface area contributed by atoms with Gasteiger partial charge < -0.3 is 10.4 Å². The Morgan fingerprint density at radius 2 is 1.95 bits per heavy atom. The molecule has 1 heterocycles. The van der Waals surface area contributed by atoms with E-state index in [1.807, 2.05) is 0 Å². The Hall–Kier alpha value is -1.43. The number of carbonyl (C=O) groups excluding carboxylic acids is 1. The number of pyridine rings is 1. The molecule has 6 heteroatoms. The van der Waals surface area contributed by atoms with E-state index in [9.17, 15) is 14.7 Å². The summed E-state index contributed by atoms with van der Waals surface area (Å²) in [4.78, 5) is 28.0. The topological polar surface area (TPSA) is 79.3 Å². The highest BCUT2D eigenvalue weighted by Gasteiger charge is 2.40. The van der Waals surface area contributed by atoms with Crippen molar-refractivity contribution < 1.29 is 14.7 Å². The fourth-order valence-electron chi connectivity index (χ4n) is 2.83. The van der Waals surface area contributed by atoms with E-state index in [2.05, 4.69) is 26.2 Å². The van der Waals surface area contributed by atoms with Crippen molar-refractivity contribution in [2.75, 3.05) is 5.32 Å². The lowest BCUT2D eigenvalue weighted by molar-refractivity contribution is -0.152. The summed E-state index contributed by atoms with van der Waals surface area (Å²) in [5, 5.41) is 12.3. The van der Waals surface area contributed by atoms with Crippen LogP contribution < -0.4 is 5.32 Å². The van der Waals surface area contributed by atoms with Gasteiger partial charge in [-0.3, -0.25) is 9.59 Å². The number of rotatable bonds is 4. The lowest BCUT2D eigenvalue weighted by Gasteiger charge is -2.27. The molecule has 0 atom stereocenters. The molecule has 1 aliphatic carbocycles. The number of carbonyl (C=O) groups is 2. The van der Waals surface area contributed by atoms with Gasteiger partial charge in [-0.25, -0.2) is 4.98 Å². The summed E-state index contributed by atoms with van der Waals surface area (Å²) >= 11 is 3.31. The lowest BCUT2D eigenvalue weighted by atomic mass is 9.77. The molecule has 0 aliphatic heterocycles. The van der Waals surface area contributed by atoms with Gasteiger partial charge >= 0.3 is 5.97 Å². The molecule has 1 fully saturated rings. The second kappa shape index (κ2) is 7.02. The third-order valence-corrected chi connectivity index (χ3v) is 4.67. The van der Waals surface area contributed by atoms with Crippen LogP contribution >= 0.6 is 15.9 Å². The quantitative estimate of drug-likeness (QED) is 0.809. The number of nitrogens with one attached hydrogen (secondary N) is 1. The number of nitrogens with zero attached hydrogens (tertiary/aromatic N) is 1. The van der Waals surface area contributed by atoms with E-state index in [1.54, 1.807) is 18.3 Å². The fourth-order valence-corrected chi connectivity index (χ4v) is 3.19. The standard InChI is InChI=1S/C15H19BrN2O3/c16-11-6-5-9-17-13(11)18-12(19)10-15(14(20)21)7-3-1-2-4-8-15/h5-6,9H,1-4,7-8,10H2,(H,20,21)(H,17,18,19). The summed E-state index contributed by atoms with van der Waals surface area (Å²) in [6.45, 7) is 0. The molecule has 21 heavy (non-hydrogen) atoms. The number of hydrogen-bond acceptors (Lipinski definition) is 3. The highest BCUT2D eigenvalue weighted by molar-refractivity contribution is 9.10. The first-order chi connectivity index (χ1) is 10.0. The van der Waals surface area contributed by atoms with Crippen LogP contribution in [0.4, 0.5) is 5.82 Å². The Bertz CT molecular complexity index is 525. The van der Waals surface area contributed by atoms with Crippen molar-refractivity contribution in [3.05, 3.63) is 22.8 Å². The maximum absolute atomic E-state index is 12.2. The first-order valence-electron chi connectivity index (χ1n) is 7.17. The zero-order valence-electron chi connectivity index (χ0n) is 11.8. The molecule has 0 bridgehead atoms. The smallest absolute Gasteiger partial charge is 0.310 e. The van der Waals surface area contributed by atoms with Crippen molar-refractivity contribution in [3.63, 3.8) is 0 Å². The Labute approximate surface area is 132 Å². The molecule has 1 amide bonds. The van der Waals surface area contributed by atoms with Crippen LogP contribution in [0.15, 0.2) is 22.8 Å². The number of amides is 1. The largest absolute Gasteiger partial charge is 0.481 e. The molecule has 5 nitrogen and oxygen atoms in total. The predicted molar refractivity (Wildman–Crippen MR) is 83.0 cm³/mol. The van der Waals surface area contributed by atoms with Gasteiger partial charge in [0.05, 0.1) is 9.89 Å². The third-order valence-electron chi connectivity index (χ3n) is 4.03. The minimum absolute atomic E-state index is 0.00531. The Morgan fingerprint density at radius 1 is 1.29 bits per heavy atom. The van der Waals surface area contributed by atoms with Gasteiger partial charge in [0.2, 0.25) is 5.91 Å². The van der Waals surface area contributed by atoms with Crippen LogP contribution in [0.3, 0.4) is 0 Å². The van der Waals surface area contributed by atoms with Crippen LogP contribution in [-0.4, -0.2) is 22.0 Å². The Kier molecular flexibility index (Phi) is 5.33. The molecule has 114 valence electrons. The molecule has 1 saturated carbocycles. The van der Waals surface area contributed by atoms with Gasteiger partial charge in [-0.1, -0.05) is 25.7 Å². The number of aromatic nitrogens is 1. The summed E-state index contributed by atoms with van der Waals surface area (Å²) < 4.78 is 0.684.